The van der Waals surface area contributed by atoms with Crippen molar-refractivity contribution in [2.45, 2.75) is 79.0 Å². The second-order valence-electron chi connectivity index (χ2n) is 9.06. The van der Waals surface area contributed by atoms with Gasteiger partial charge in [0.1, 0.15) is 11.6 Å². The molecule has 2 N–H and O–H groups in total. The number of hydrogen-bond acceptors (Lipinski definition) is 5. The van der Waals surface area contributed by atoms with Gasteiger partial charge in [-0.05, 0) is 44.9 Å². The summed E-state index contributed by atoms with van der Waals surface area (Å²) in [7, 11) is 0. The molecule has 0 bridgehead atoms. The number of carbonyl (C=O) groups excluding carboxylic acids is 1. The Balaban J connectivity index is 1.88. The third kappa shape index (κ3) is 6.37. The van der Waals surface area contributed by atoms with Gasteiger partial charge in [0.15, 0.2) is 5.69 Å². The third-order valence-electron chi connectivity index (χ3n) is 6.44. The first kappa shape index (κ1) is 26.2. The largest absolute Gasteiger partial charge is 0.434 e. The number of ether oxygens (including phenoxy) is 1. The van der Waals surface area contributed by atoms with Gasteiger partial charge in [0.25, 0.3) is 5.91 Å². The second-order valence-corrected chi connectivity index (χ2v) is 9.44. The summed E-state index contributed by atoms with van der Waals surface area (Å²) in [5.74, 6) is 1.11. The molecule has 0 unspecified atom stereocenters. The van der Waals surface area contributed by atoms with E-state index in [0.717, 1.165) is 38.0 Å². The van der Waals surface area contributed by atoms with Gasteiger partial charge in [-0.1, -0.05) is 38.3 Å². The smallest absolute Gasteiger partial charge is 0.387 e. The molecule has 0 saturated heterocycles. The van der Waals surface area contributed by atoms with Crippen LogP contribution in [0.25, 0.3) is 11.3 Å². The molecule has 2 aromatic heterocycles. The van der Waals surface area contributed by atoms with Crippen molar-refractivity contribution >= 4 is 23.3 Å². The van der Waals surface area contributed by atoms with Crippen LogP contribution in [0, 0.1) is 11.8 Å². The molecule has 1 aliphatic rings. The monoisotopic (exact) mass is 497 g/mol. The van der Waals surface area contributed by atoms with Crippen LogP contribution in [0.15, 0.2) is 12.3 Å². The van der Waals surface area contributed by atoms with Crippen molar-refractivity contribution in [3.05, 3.63) is 23.0 Å². The first-order valence-corrected chi connectivity index (χ1v) is 12.4. The quantitative estimate of drug-likeness (QED) is 0.421. The van der Waals surface area contributed by atoms with Crippen molar-refractivity contribution in [2.75, 3.05) is 11.9 Å². The maximum atomic E-state index is 13.2. The lowest BCUT2D eigenvalue weighted by Gasteiger charge is -2.26. The van der Waals surface area contributed by atoms with Crippen LogP contribution in [-0.2, 0) is 6.54 Å². The topological polar surface area (TPSA) is 81.1 Å². The van der Waals surface area contributed by atoms with E-state index < -0.39 is 6.61 Å². The van der Waals surface area contributed by atoms with Crippen LogP contribution < -0.4 is 15.4 Å². The number of alkyl halides is 2. The van der Waals surface area contributed by atoms with Crippen LogP contribution in [0.1, 0.15) is 70.3 Å². The van der Waals surface area contributed by atoms with Crippen LogP contribution in [0.5, 0.6) is 5.75 Å². The van der Waals surface area contributed by atoms with Crippen LogP contribution in [-0.4, -0.2) is 39.9 Å². The van der Waals surface area contributed by atoms with Gasteiger partial charge in [0.05, 0.1) is 16.3 Å². The van der Waals surface area contributed by atoms with Crippen LogP contribution in [0.3, 0.4) is 0 Å². The van der Waals surface area contributed by atoms with E-state index in [4.69, 9.17) is 16.3 Å². The Bertz CT molecular complexity index is 977. The van der Waals surface area contributed by atoms with Crippen LogP contribution in [0.4, 0.5) is 14.6 Å². The van der Waals surface area contributed by atoms with Crippen molar-refractivity contribution in [1.29, 1.82) is 0 Å². The highest BCUT2D eigenvalue weighted by Crippen LogP contribution is 2.38. The molecule has 1 amide bonds. The van der Waals surface area contributed by atoms with Gasteiger partial charge in [-0.2, -0.15) is 13.9 Å². The fraction of sp³-hybridized carbons (Fsp3) is 0.625. The lowest BCUT2D eigenvalue weighted by Crippen LogP contribution is -2.31. The Hall–Kier alpha value is -2.42. The summed E-state index contributed by atoms with van der Waals surface area (Å²) in [6.45, 7) is 5.96. The lowest BCUT2D eigenvalue weighted by atomic mass is 9.83. The first-order chi connectivity index (χ1) is 16.2. The highest BCUT2D eigenvalue weighted by atomic mass is 35.5. The number of anilines is 1. The minimum absolute atomic E-state index is 0.0625. The summed E-state index contributed by atoms with van der Waals surface area (Å²) in [6, 6.07) is 1.52. The number of nitrogens with zero attached hydrogens (tertiary/aromatic N) is 3. The number of nitrogens with one attached hydrogen (secondary N) is 2. The Morgan fingerprint density at radius 2 is 2.00 bits per heavy atom. The maximum Gasteiger partial charge on any atom is 0.387 e. The van der Waals surface area contributed by atoms with Crippen molar-refractivity contribution in [3.8, 4) is 17.0 Å². The van der Waals surface area contributed by atoms with Crippen LogP contribution in [0.2, 0.25) is 5.02 Å². The van der Waals surface area contributed by atoms with Gasteiger partial charge in [0, 0.05) is 31.4 Å². The van der Waals surface area contributed by atoms with Gasteiger partial charge >= 0.3 is 6.61 Å². The molecule has 34 heavy (non-hydrogen) atoms. The minimum atomic E-state index is -3.03. The number of halogens is 3. The Labute approximate surface area is 204 Å². The number of amides is 1. The van der Waals surface area contributed by atoms with E-state index in [2.05, 4.69) is 27.6 Å². The number of hydrogen-bond donors (Lipinski definition) is 2. The molecule has 3 rings (SSSR count). The van der Waals surface area contributed by atoms with Crippen molar-refractivity contribution in [1.82, 2.24) is 20.1 Å². The van der Waals surface area contributed by atoms with E-state index in [1.165, 1.54) is 16.9 Å². The molecule has 0 spiro atoms. The molecular weight excluding hydrogens is 464 g/mol. The molecule has 2 heterocycles. The van der Waals surface area contributed by atoms with E-state index >= 15 is 0 Å². The lowest BCUT2D eigenvalue weighted by molar-refractivity contribution is -0.0494. The predicted octanol–water partition coefficient (Wildman–Crippen LogP) is 5.99. The summed E-state index contributed by atoms with van der Waals surface area (Å²) in [6.07, 6.45) is 6.75. The first-order valence-electron chi connectivity index (χ1n) is 12.0. The highest BCUT2D eigenvalue weighted by Gasteiger charge is 2.27. The zero-order valence-electron chi connectivity index (χ0n) is 20.2. The maximum absolute atomic E-state index is 13.2. The number of carbonyl (C=O) groups is 1. The molecule has 0 aromatic carbocycles. The minimum Gasteiger partial charge on any atom is -0.434 e. The van der Waals surface area contributed by atoms with E-state index in [0.29, 0.717) is 30.5 Å². The number of aryl methyl sites for hydroxylation is 1. The van der Waals surface area contributed by atoms with Crippen molar-refractivity contribution < 1.29 is 18.3 Å². The average Bonchev–Trinajstić information content (AvgIpc) is 3.14. The molecule has 0 aliphatic heterocycles. The Morgan fingerprint density at radius 3 is 2.62 bits per heavy atom. The molecule has 1 atom stereocenters. The highest BCUT2D eigenvalue weighted by molar-refractivity contribution is 6.36. The molecule has 10 heteroatoms. The molecular formula is C24H34ClF2N5O2. The van der Waals surface area contributed by atoms with Gasteiger partial charge < -0.3 is 15.4 Å². The standard InChI is InChI=1S/C24H34ClF2N5O2/c1-5-15(4)30-19-11-18(34-24(26)27)17(13-28-19)22-20(25)21(31-32(22)6-2)23(33)29-12-16-9-7-14(3)8-10-16/h11,13-16,24H,5-10,12H2,1-4H3,(H,28,30)(H,29,33)/t14?,15-,16?/m0/s1. The Kier molecular flexibility index (Phi) is 9.10. The molecule has 2 aromatic rings. The third-order valence-corrected chi connectivity index (χ3v) is 6.80. The van der Waals surface area contributed by atoms with E-state index in [-0.39, 0.29) is 34.0 Å². The van der Waals surface area contributed by atoms with Crippen molar-refractivity contribution in [3.63, 3.8) is 0 Å². The predicted molar refractivity (Wildman–Crippen MR) is 130 cm³/mol. The van der Waals surface area contributed by atoms with Gasteiger partial charge in [-0.25, -0.2) is 4.98 Å². The van der Waals surface area contributed by atoms with Gasteiger partial charge in [0.2, 0.25) is 0 Å². The Morgan fingerprint density at radius 1 is 1.29 bits per heavy atom. The van der Waals surface area contributed by atoms with E-state index in [1.807, 2.05) is 20.8 Å². The fourth-order valence-electron chi connectivity index (χ4n) is 4.17. The summed E-state index contributed by atoms with van der Waals surface area (Å²) < 4.78 is 32.7. The van der Waals surface area contributed by atoms with E-state index in [1.54, 1.807) is 0 Å². The van der Waals surface area contributed by atoms with Crippen molar-refractivity contribution in [2.24, 2.45) is 11.8 Å². The second kappa shape index (κ2) is 11.8. The number of rotatable bonds is 10. The molecule has 0 radical (unpaired) electrons. The number of pyridine rings is 1. The van der Waals surface area contributed by atoms with Gasteiger partial charge in [-0.3, -0.25) is 9.48 Å². The molecule has 1 saturated carbocycles. The summed E-state index contributed by atoms with van der Waals surface area (Å²) in [5.41, 5.74) is 0.626. The normalized spacial score (nSPS) is 19.2. The van der Waals surface area contributed by atoms with Gasteiger partial charge in [-0.15, -0.1) is 0 Å². The molecule has 1 fully saturated rings. The molecule has 7 nitrogen and oxygen atoms in total. The van der Waals surface area contributed by atoms with Crippen LogP contribution >= 0.6 is 11.6 Å². The van der Waals surface area contributed by atoms with E-state index in [9.17, 15) is 13.6 Å². The fourth-order valence-corrected chi connectivity index (χ4v) is 4.49. The summed E-state index contributed by atoms with van der Waals surface area (Å²) in [4.78, 5) is 17.3. The SMILES string of the molecule is CC[C@H](C)Nc1cc(OC(F)F)c(-c2c(Cl)c(C(=O)NCC3CCC(C)CC3)nn2CC)cn1. The summed E-state index contributed by atoms with van der Waals surface area (Å²) in [5, 5.41) is 10.5. The molecule has 1 aliphatic carbocycles. The number of aromatic nitrogens is 3. The molecule has 188 valence electrons. The zero-order valence-corrected chi connectivity index (χ0v) is 21.0. The average molecular weight is 498 g/mol. The summed E-state index contributed by atoms with van der Waals surface area (Å²) >= 11 is 6.60. The zero-order chi connectivity index (χ0) is 24.8.